The molecule has 0 bridgehead atoms. The molecule has 19 heavy (non-hydrogen) atoms. The van der Waals surface area contributed by atoms with Gasteiger partial charge in [-0.3, -0.25) is 0 Å². The molecule has 0 aliphatic rings. The number of ether oxygens (including phenoxy) is 1. The van der Waals surface area contributed by atoms with Crippen molar-refractivity contribution in [1.29, 1.82) is 0 Å². The van der Waals surface area contributed by atoms with Crippen molar-refractivity contribution in [3.63, 3.8) is 0 Å². The van der Waals surface area contributed by atoms with Crippen LogP contribution >= 0.6 is 11.6 Å². The molecule has 0 heterocycles. The van der Waals surface area contributed by atoms with Crippen molar-refractivity contribution in [2.75, 3.05) is 0 Å². The minimum Gasteiger partial charge on any atom is -0.452 e. The molecule has 4 heteroatoms. The van der Waals surface area contributed by atoms with E-state index in [-0.39, 0.29) is 11.8 Å². The molecular weight excluding hydrogens is 265 g/mol. The Kier molecular flexibility index (Phi) is 4.08. The maximum atomic E-state index is 13.9. The molecule has 0 saturated carbocycles. The van der Waals surface area contributed by atoms with Gasteiger partial charge in [0.1, 0.15) is 5.75 Å². The number of halogens is 2. The number of rotatable bonds is 3. The molecule has 0 aromatic heterocycles. The molecule has 2 aromatic rings. The van der Waals surface area contributed by atoms with Crippen LogP contribution in [-0.2, 0) is 0 Å². The summed E-state index contributed by atoms with van der Waals surface area (Å²) in [6.45, 7) is 3.70. The lowest BCUT2D eigenvalue weighted by Crippen LogP contribution is -2.07. The molecule has 2 rings (SSSR count). The van der Waals surface area contributed by atoms with Gasteiger partial charge in [0.2, 0.25) is 0 Å². The summed E-state index contributed by atoms with van der Waals surface area (Å²) >= 11 is 6.08. The Morgan fingerprint density at radius 3 is 2.63 bits per heavy atom. The van der Waals surface area contributed by atoms with Gasteiger partial charge in [0.05, 0.1) is 5.02 Å². The van der Waals surface area contributed by atoms with Crippen molar-refractivity contribution < 1.29 is 9.13 Å². The van der Waals surface area contributed by atoms with E-state index in [0.717, 1.165) is 5.56 Å². The van der Waals surface area contributed by atoms with Gasteiger partial charge in [-0.25, -0.2) is 4.39 Å². The fourth-order valence-corrected chi connectivity index (χ4v) is 2.06. The lowest BCUT2D eigenvalue weighted by atomic mass is 10.1. The quantitative estimate of drug-likeness (QED) is 0.891. The van der Waals surface area contributed by atoms with E-state index >= 15 is 0 Å². The molecule has 1 atom stereocenters. The Hall–Kier alpha value is -1.58. The molecule has 1 unspecified atom stereocenters. The molecule has 0 saturated heterocycles. The van der Waals surface area contributed by atoms with E-state index in [9.17, 15) is 4.39 Å². The minimum absolute atomic E-state index is 0.128. The number of para-hydroxylation sites is 1. The second kappa shape index (κ2) is 5.59. The summed E-state index contributed by atoms with van der Waals surface area (Å²) in [6, 6.07) is 9.70. The first-order valence-corrected chi connectivity index (χ1v) is 6.35. The zero-order valence-electron chi connectivity index (χ0n) is 10.8. The van der Waals surface area contributed by atoms with Crippen LogP contribution in [0.5, 0.6) is 11.5 Å². The zero-order valence-corrected chi connectivity index (χ0v) is 11.5. The van der Waals surface area contributed by atoms with Gasteiger partial charge < -0.3 is 10.5 Å². The highest BCUT2D eigenvalue weighted by molar-refractivity contribution is 6.32. The van der Waals surface area contributed by atoms with Crippen molar-refractivity contribution in [2.45, 2.75) is 19.9 Å². The summed E-state index contributed by atoms with van der Waals surface area (Å²) in [7, 11) is 0. The first-order valence-electron chi connectivity index (χ1n) is 5.97. The van der Waals surface area contributed by atoms with Gasteiger partial charge in [-0.1, -0.05) is 29.8 Å². The number of hydrogen-bond donors (Lipinski definition) is 1. The van der Waals surface area contributed by atoms with E-state index in [4.69, 9.17) is 22.1 Å². The average molecular weight is 280 g/mol. The van der Waals surface area contributed by atoms with Crippen LogP contribution in [0.1, 0.15) is 24.1 Å². The van der Waals surface area contributed by atoms with Crippen LogP contribution < -0.4 is 10.5 Å². The highest BCUT2D eigenvalue weighted by atomic mass is 35.5. The number of hydrogen-bond acceptors (Lipinski definition) is 2. The summed E-state index contributed by atoms with van der Waals surface area (Å²) < 4.78 is 19.5. The molecule has 0 fully saturated rings. The fraction of sp³-hybridized carbons (Fsp3) is 0.200. The third-order valence-electron chi connectivity index (χ3n) is 2.79. The summed E-state index contributed by atoms with van der Waals surface area (Å²) in [5.41, 5.74) is 7.44. The Balaban J connectivity index is 2.43. The van der Waals surface area contributed by atoms with Crippen molar-refractivity contribution in [3.05, 3.63) is 58.4 Å². The van der Waals surface area contributed by atoms with Crippen molar-refractivity contribution >= 4 is 11.6 Å². The van der Waals surface area contributed by atoms with E-state index in [0.29, 0.717) is 16.3 Å². The molecule has 0 aliphatic heterocycles. The molecular formula is C15H15ClFNO. The normalized spacial score (nSPS) is 12.3. The minimum atomic E-state index is -0.452. The molecule has 0 aliphatic carbocycles. The van der Waals surface area contributed by atoms with E-state index in [1.54, 1.807) is 31.2 Å². The predicted molar refractivity (Wildman–Crippen MR) is 75.3 cm³/mol. The number of nitrogens with two attached hydrogens (primary N) is 1. The van der Waals surface area contributed by atoms with Gasteiger partial charge in [0, 0.05) is 11.6 Å². The summed E-state index contributed by atoms with van der Waals surface area (Å²) in [4.78, 5) is 0. The highest BCUT2D eigenvalue weighted by Gasteiger charge is 2.15. The van der Waals surface area contributed by atoms with E-state index in [1.165, 1.54) is 6.07 Å². The standard InChI is InChI=1S/C15H15ClFNO/c1-9-6-7-14(12(16)8-9)19-15-11(10(2)18)4-3-5-13(15)17/h3-8,10H,18H2,1-2H3. The number of benzene rings is 2. The summed E-state index contributed by atoms with van der Waals surface area (Å²) in [5, 5.41) is 0.443. The Labute approximate surface area is 117 Å². The van der Waals surface area contributed by atoms with Gasteiger partial charge in [-0.05, 0) is 37.6 Å². The van der Waals surface area contributed by atoms with Gasteiger partial charge in [0.15, 0.2) is 11.6 Å². The lowest BCUT2D eigenvalue weighted by Gasteiger charge is -2.15. The van der Waals surface area contributed by atoms with Crippen LogP contribution in [0.3, 0.4) is 0 Å². The maximum Gasteiger partial charge on any atom is 0.167 e. The van der Waals surface area contributed by atoms with Crippen LogP contribution in [0.4, 0.5) is 4.39 Å². The third kappa shape index (κ3) is 3.06. The van der Waals surface area contributed by atoms with Crippen LogP contribution in [0, 0.1) is 12.7 Å². The Morgan fingerprint density at radius 1 is 1.26 bits per heavy atom. The van der Waals surface area contributed by atoms with Crippen molar-refractivity contribution in [3.8, 4) is 11.5 Å². The molecule has 2 N–H and O–H groups in total. The average Bonchev–Trinajstić information content (AvgIpc) is 2.34. The molecule has 0 radical (unpaired) electrons. The Morgan fingerprint density at radius 2 is 2.00 bits per heavy atom. The van der Waals surface area contributed by atoms with Crippen LogP contribution in [0.25, 0.3) is 0 Å². The SMILES string of the molecule is Cc1ccc(Oc2c(F)cccc2C(C)N)c(Cl)c1. The molecule has 0 amide bonds. The first kappa shape index (κ1) is 13.8. The van der Waals surface area contributed by atoms with E-state index in [1.807, 2.05) is 13.0 Å². The van der Waals surface area contributed by atoms with Crippen LogP contribution in [0.15, 0.2) is 36.4 Å². The fourth-order valence-electron chi connectivity index (χ4n) is 1.79. The Bertz CT molecular complexity index is 599. The largest absolute Gasteiger partial charge is 0.452 e. The van der Waals surface area contributed by atoms with Crippen LogP contribution in [-0.4, -0.2) is 0 Å². The second-order valence-corrected chi connectivity index (χ2v) is 4.89. The topological polar surface area (TPSA) is 35.2 Å². The van der Waals surface area contributed by atoms with Crippen LogP contribution in [0.2, 0.25) is 5.02 Å². The smallest absolute Gasteiger partial charge is 0.167 e. The van der Waals surface area contributed by atoms with Crippen molar-refractivity contribution in [2.24, 2.45) is 5.73 Å². The third-order valence-corrected chi connectivity index (χ3v) is 3.08. The predicted octanol–water partition coefficient (Wildman–Crippen LogP) is 4.60. The van der Waals surface area contributed by atoms with Gasteiger partial charge in [0.25, 0.3) is 0 Å². The lowest BCUT2D eigenvalue weighted by molar-refractivity contribution is 0.433. The van der Waals surface area contributed by atoms with Gasteiger partial charge in [-0.15, -0.1) is 0 Å². The van der Waals surface area contributed by atoms with E-state index < -0.39 is 5.82 Å². The molecule has 0 spiro atoms. The van der Waals surface area contributed by atoms with Crippen molar-refractivity contribution in [1.82, 2.24) is 0 Å². The molecule has 2 aromatic carbocycles. The maximum absolute atomic E-state index is 13.9. The van der Waals surface area contributed by atoms with E-state index in [2.05, 4.69) is 0 Å². The van der Waals surface area contributed by atoms with Gasteiger partial charge >= 0.3 is 0 Å². The summed E-state index contributed by atoms with van der Waals surface area (Å²) in [6.07, 6.45) is 0. The first-order chi connectivity index (χ1) is 8.99. The molecule has 2 nitrogen and oxygen atoms in total. The zero-order chi connectivity index (χ0) is 14.0. The number of aryl methyl sites for hydroxylation is 1. The molecule has 100 valence electrons. The monoisotopic (exact) mass is 279 g/mol. The summed E-state index contributed by atoms with van der Waals surface area (Å²) in [5.74, 6) is 0.0916. The highest BCUT2D eigenvalue weighted by Crippen LogP contribution is 2.35. The van der Waals surface area contributed by atoms with Gasteiger partial charge in [-0.2, -0.15) is 0 Å². The second-order valence-electron chi connectivity index (χ2n) is 4.48.